The largest absolute Gasteiger partial charge is 0.453 e. The van der Waals surface area contributed by atoms with Crippen LogP contribution in [0.4, 0.5) is 13.2 Å². The van der Waals surface area contributed by atoms with Crippen molar-refractivity contribution in [3.63, 3.8) is 0 Å². The molecule has 3 nitrogen and oxygen atoms in total. The highest BCUT2D eigenvalue weighted by molar-refractivity contribution is 6.31. The minimum atomic E-state index is -4.46. The number of ether oxygens (including phenoxy) is 1. The van der Waals surface area contributed by atoms with Crippen molar-refractivity contribution in [3.8, 4) is 0 Å². The van der Waals surface area contributed by atoms with Gasteiger partial charge in [0.2, 0.25) is 5.78 Å². The van der Waals surface area contributed by atoms with E-state index < -0.39 is 25.2 Å². The zero-order valence-electron chi connectivity index (χ0n) is 9.46. The van der Waals surface area contributed by atoms with Gasteiger partial charge in [-0.3, -0.25) is 4.79 Å². The number of hydrogen-bond acceptors (Lipinski definition) is 3. The quantitative estimate of drug-likeness (QED) is 0.804. The highest BCUT2D eigenvalue weighted by Crippen LogP contribution is 2.23. The molecule has 0 unspecified atom stereocenters. The second kappa shape index (κ2) is 5.22. The number of Topliss-reactive ketones (excluding diaryl/α,β-unsaturated/α-hetero) is 1. The van der Waals surface area contributed by atoms with Crippen LogP contribution in [0.2, 0.25) is 5.02 Å². The number of halogens is 4. The highest BCUT2D eigenvalue weighted by atomic mass is 35.5. The van der Waals surface area contributed by atoms with Crippen LogP contribution in [0.25, 0.3) is 11.0 Å². The monoisotopic (exact) mass is 292 g/mol. The van der Waals surface area contributed by atoms with Gasteiger partial charge in [0.05, 0.1) is 0 Å². The van der Waals surface area contributed by atoms with Crippen LogP contribution in [0.1, 0.15) is 10.6 Å². The molecule has 0 bridgehead atoms. The van der Waals surface area contributed by atoms with E-state index in [1.54, 1.807) is 18.2 Å². The molecule has 0 radical (unpaired) electrons. The van der Waals surface area contributed by atoms with Crippen LogP contribution < -0.4 is 0 Å². The highest BCUT2D eigenvalue weighted by Gasteiger charge is 2.28. The summed E-state index contributed by atoms with van der Waals surface area (Å²) in [5, 5.41) is 1.08. The molecule has 102 valence electrons. The SMILES string of the molecule is O=C(COCC(F)(F)F)c1cc2cc(Cl)ccc2o1. The lowest BCUT2D eigenvalue weighted by Gasteiger charge is -2.05. The molecule has 0 saturated carbocycles. The molecule has 0 saturated heterocycles. The Bertz CT molecular complexity index is 604. The van der Waals surface area contributed by atoms with Crippen LogP contribution in [0.15, 0.2) is 28.7 Å². The van der Waals surface area contributed by atoms with Crippen LogP contribution in [-0.2, 0) is 4.74 Å². The number of rotatable bonds is 4. The number of ketones is 1. The summed E-state index contributed by atoms with van der Waals surface area (Å²) in [6.07, 6.45) is -4.46. The molecule has 0 atom stereocenters. The summed E-state index contributed by atoms with van der Waals surface area (Å²) in [6.45, 7) is -2.15. The molecule has 0 amide bonds. The average Bonchev–Trinajstić information content (AvgIpc) is 2.70. The Kier molecular flexibility index (Phi) is 3.82. The van der Waals surface area contributed by atoms with Gasteiger partial charge in [0, 0.05) is 10.4 Å². The summed E-state index contributed by atoms with van der Waals surface area (Å²) in [7, 11) is 0. The predicted octanol–water partition coefficient (Wildman–Crippen LogP) is 3.85. The van der Waals surface area contributed by atoms with E-state index in [4.69, 9.17) is 16.0 Å². The van der Waals surface area contributed by atoms with Gasteiger partial charge in [0.15, 0.2) is 5.76 Å². The third kappa shape index (κ3) is 3.71. The molecule has 1 aromatic carbocycles. The van der Waals surface area contributed by atoms with Crippen LogP contribution in [0.3, 0.4) is 0 Å². The van der Waals surface area contributed by atoms with Gasteiger partial charge in [0.1, 0.15) is 18.8 Å². The summed E-state index contributed by atoms with van der Waals surface area (Å²) in [4.78, 5) is 11.6. The molecule has 19 heavy (non-hydrogen) atoms. The van der Waals surface area contributed by atoms with E-state index in [9.17, 15) is 18.0 Å². The first-order valence-electron chi connectivity index (χ1n) is 5.22. The van der Waals surface area contributed by atoms with E-state index in [1.807, 2.05) is 0 Å². The van der Waals surface area contributed by atoms with Crippen LogP contribution in [0.5, 0.6) is 0 Å². The van der Waals surface area contributed by atoms with Crippen molar-refractivity contribution in [2.24, 2.45) is 0 Å². The van der Waals surface area contributed by atoms with Gasteiger partial charge in [-0.25, -0.2) is 0 Å². The standard InChI is InChI=1S/C12H8ClF3O3/c13-8-1-2-10-7(3-8)4-11(19-10)9(17)5-18-6-12(14,15)16/h1-4H,5-6H2. The minimum absolute atomic E-state index is 0.0561. The van der Waals surface area contributed by atoms with Gasteiger partial charge >= 0.3 is 6.18 Å². The number of alkyl halides is 3. The van der Waals surface area contributed by atoms with Gasteiger partial charge in [0.25, 0.3) is 0 Å². The minimum Gasteiger partial charge on any atom is -0.453 e. The fourth-order valence-corrected chi connectivity index (χ4v) is 1.66. The van der Waals surface area contributed by atoms with E-state index in [2.05, 4.69) is 4.74 Å². The Labute approximate surface area is 110 Å². The van der Waals surface area contributed by atoms with Gasteiger partial charge < -0.3 is 9.15 Å². The molecule has 1 heterocycles. The molecule has 0 fully saturated rings. The topological polar surface area (TPSA) is 39.4 Å². The molecule has 0 aliphatic heterocycles. The van der Waals surface area contributed by atoms with Crippen molar-refractivity contribution in [1.29, 1.82) is 0 Å². The van der Waals surface area contributed by atoms with Crippen molar-refractivity contribution < 1.29 is 27.1 Å². The lowest BCUT2D eigenvalue weighted by atomic mass is 10.2. The van der Waals surface area contributed by atoms with Crippen molar-refractivity contribution in [1.82, 2.24) is 0 Å². The molecule has 1 aromatic heterocycles. The maximum atomic E-state index is 11.8. The average molecular weight is 293 g/mol. The zero-order valence-corrected chi connectivity index (χ0v) is 10.2. The van der Waals surface area contributed by atoms with Crippen molar-refractivity contribution in [2.45, 2.75) is 6.18 Å². The fraction of sp³-hybridized carbons (Fsp3) is 0.250. The van der Waals surface area contributed by atoms with E-state index >= 15 is 0 Å². The van der Waals surface area contributed by atoms with Crippen LogP contribution >= 0.6 is 11.6 Å². The fourth-order valence-electron chi connectivity index (χ4n) is 1.48. The summed E-state index contributed by atoms with van der Waals surface area (Å²) in [5.74, 6) is -0.712. The van der Waals surface area contributed by atoms with Crippen molar-refractivity contribution in [2.75, 3.05) is 13.2 Å². The van der Waals surface area contributed by atoms with E-state index in [1.165, 1.54) is 6.07 Å². The maximum absolute atomic E-state index is 11.8. The Balaban J connectivity index is 2.05. The Hall–Kier alpha value is -1.53. The lowest BCUT2D eigenvalue weighted by molar-refractivity contribution is -0.171. The molecule has 0 N–H and O–H groups in total. The molecular weight excluding hydrogens is 285 g/mol. The van der Waals surface area contributed by atoms with E-state index in [0.29, 0.717) is 16.0 Å². The van der Waals surface area contributed by atoms with Crippen molar-refractivity contribution in [3.05, 3.63) is 35.0 Å². The Morgan fingerprint density at radius 1 is 1.32 bits per heavy atom. The molecule has 2 aromatic rings. The maximum Gasteiger partial charge on any atom is 0.411 e. The molecule has 0 aliphatic carbocycles. The first-order valence-corrected chi connectivity index (χ1v) is 5.60. The van der Waals surface area contributed by atoms with Crippen LogP contribution in [-0.4, -0.2) is 25.2 Å². The van der Waals surface area contributed by atoms with Gasteiger partial charge in [-0.1, -0.05) is 11.6 Å². The molecule has 7 heteroatoms. The lowest BCUT2D eigenvalue weighted by Crippen LogP contribution is -2.20. The number of furan rings is 1. The second-order valence-electron chi connectivity index (χ2n) is 3.82. The third-order valence-electron chi connectivity index (χ3n) is 2.25. The van der Waals surface area contributed by atoms with Gasteiger partial charge in [-0.2, -0.15) is 13.2 Å². The second-order valence-corrected chi connectivity index (χ2v) is 4.26. The molecule has 0 aliphatic rings. The Morgan fingerprint density at radius 3 is 2.74 bits per heavy atom. The Morgan fingerprint density at radius 2 is 2.05 bits per heavy atom. The number of fused-ring (bicyclic) bond motifs is 1. The summed E-state index contributed by atoms with van der Waals surface area (Å²) >= 11 is 5.77. The first-order chi connectivity index (χ1) is 8.85. The summed E-state index contributed by atoms with van der Waals surface area (Å²) < 4.78 is 45.0. The van der Waals surface area contributed by atoms with Gasteiger partial charge in [-0.15, -0.1) is 0 Å². The van der Waals surface area contributed by atoms with Gasteiger partial charge in [-0.05, 0) is 24.3 Å². The first kappa shape index (κ1) is 13.9. The number of carbonyl (C=O) groups is 1. The summed E-state index contributed by atoms with van der Waals surface area (Å²) in [5.41, 5.74) is 0.434. The van der Waals surface area contributed by atoms with Crippen molar-refractivity contribution >= 4 is 28.4 Å². The third-order valence-corrected chi connectivity index (χ3v) is 2.49. The number of hydrogen-bond donors (Lipinski definition) is 0. The normalized spacial score (nSPS) is 12.0. The smallest absolute Gasteiger partial charge is 0.411 e. The zero-order chi connectivity index (χ0) is 14.0. The van der Waals surface area contributed by atoms with E-state index in [0.717, 1.165) is 0 Å². The van der Waals surface area contributed by atoms with E-state index in [-0.39, 0.29) is 5.76 Å². The van der Waals surface area contributed by atoms with Crippen LogP contribution in [0, 0.1) is 0 Å². The molecular formula is C12H8ClF3O3. The number of carbonyl (C=O) groups excluding carboxylic acids is 1. The number of benzene rings is 1. The molecule has 0 spiro atoms. The molecule has 2 rings (SSSR count). The summed E-state index contributed by atoms with van der Waals surface area (Å²) in [6, 6.07) is 6.17. The predicted molar refractivity (Wildman–Crippen MR) is 62.4 cm³/mol.